The third-order valence-corrected chi connectivity index (χ3v) is 6.29. The average molecular weight is 444 g/mol. The number of aryl methyl sites for hydroxylation is 1. The van der Waals surface area contributed by atoms with Crippen LogP contribution in [0.4, 0.5) is 8.78 Å². The van der Waals surface area contributed by atoms with Crippen molar-refractivity contribution in [3.05, 3.63) is 71.9 Å². The van der Waals surface area contributed by atoms with E-state index in [4.69, 9.17) is 10.2 Å². The summed E-state index contributed by atoms with van der Waals surface area (Å²) >= 11 is 0. The van der Waals surface area contributed by atoms with E-state index in [1.54, 1.807) is 23.0 Å². The Morgan fingerprint density at radius 2 is 1.85 bits per heavy atom. The Labute approximate surface area is 190 Å². The van der Waals surface area contributed by atoms with E-state index < -0.39 is 11.8 Å². The van der Waals surface area contributed by atoms with Crippen LogP contribution in [0.1, 0.15) is 17.5 Å². The summed E-state index contributed by atoms with van der Waals surface area (Å²) in [5.74, 6) is -3.56. The summed E-state index contributed by atoms with van der Waals surface area (Å²) in [7, 11) is 0. The zero-order chi connectivity index (χ0) is 23.0. The highest BCUT2D eigenvalue weighted by Crippen LogP contribution is 2.35. The first-order valence-electron chi connectivity index (χ1n) is 11.0. The van der Waals surface area contributed by atoms with Gasteiger partial charge in [0.05, 0.1) is 41.5 Å². The number of rotatable bonds is 4. The molecule has 7 heteroatoms. The van der Waals surface area contributed by atoms with Crippen LogP contribution in [0, 0.1) is 24.2 Å². The Kier molecular flexibility index (Phi) is 5.39. The molecule has 0 radical (unpaired) electrons. The zero-order valence-electron chi connectivity index (χ0n) is 18.2. The van der Waals surface area contributed by atoms with Gasteiger partial charge < -0.3 is 5.32 Å². The molecule has 0 unspecified atom stereocenters. The van der Waals surface area contributed by atoms with Crippen molar-refractivity contribution in [3.63, 3.8) is 0 Å². The molecule has 166 valence electrons. The maximum Gasteiger partial charge on any atom is 0.255 e. The molecule has 33 heavy (non-hydrogen) atoms. The van der Waals surface area contributed by atoms with Crippen molar-refractivity contribution in [3.8, 4) is 28.5 Å². The van der Waals surface area contributed by atoms with Crippen molar-refractivity contribution in [2.45, 2.75) is 25.8 Å². The second-order valence-electron chi connectivity index (χ2n) is 8.58. The number of halogens is 2. The van der Waals surface area contributed by atoms with Gasteiger partial charge in [0.15, 0.2) is 0 Å². The molecular weight excluding hydrogens is 420 g/mol. The van der Waals surface area contributed by atoms with Crippen LogP contribution >= 0.6 is 0 Å². The second-order valence-corrected chi connectivity index (χ2v) is 8.58. The normalized spacial score (nSPS) is 17.7. The number of nitriles is 1. The number of piperidine rings is 1. The van der Waals surface area contributed by atoms with Crippen molar-refractivity contribution in [2.75, 3.05) is 13.1 Å². The van der Waals surface area contributed by atoms with Crippen LogP contribution in [0.3, 0.4) is 0 Å². The topological polar surface area (TPSA) is 66.5 Å². The first kappa shape index (κ1) is 21.2. The molecule has 2 aromatic carbocycles. The number of hydrogen-bond acceptors (Lipinski definition) is 4. The third-order valence-electron chi connectivity index (χ3n) is 6.29. The summed E-state index contributed by atoms with van der Waals surface area (Å²) in [4.78, 5) is 4.89. The van der Waals surface area contributed by atoms with Crippen molar-refractivity contribution >= 4 is 11.0 Å². The number of hydrogen-bond donors (Lipinski definition) is 1. The van der Waals surface area contributed by atoms with Gasteiger partial charge >= 0.3 is 0 Å². The van der Waals surface area contributed by atoms with Crippen LogP contribution in [0.15, 0.2) is 60.8 Å². The molecule has 0 aliphatic carbocycles. The Bertz CT molecular complexity index is 1330. The number of fused-ring (bicyclic) bond motifs is 1. The number of benzene rings is 2. The van der Waals surface area contributed by atoms with Crippen molar-refractivity contribution < 1.29 is 8.78 Å². The molecule has 1 aliphatic heterocycles. The molecule has 1 fully saturated rings. The third kappa shape index (κ3) is 4.10. The van der Waals surface area contributed by atoms with Gasteiger partial charge in [-0.1, -0.05) is 42.0 Å². The Morgan fingerprint density at radius 3 is 2.55 bits per heavy atom. The molecule has 2 aromatic heterocycles. The maximum absolute atomic E-state index is 14.5. The lowest BCUT2D eigenvalue weighted by Crippen LogP contribution is -2.46. The second kappa shape index (κ2) is 8.38. The molecule has 5 nitrogen and oxygen atoms in total. The SMILES string of the molecule is Cc1ccc(-c2nc3cnn(C[C@H]4CNCCC4(F)F)c3cc2-c2ccc(C#N)cc2)cc1. The monoisotopic (exact) mass is 443 g/mol. The van der Waals surface area contributed by atoms with Gasteiger partial charge in [-0.2, -0.15) is 10.4 Å². The standard InChI is InChI=1S/C26H23F2N5/c1-17-2-6-20(7-3-17)25-22(19-8-4-18(13-29)5-9-19)12-24-23(32-25)15-31-33(24)16-21-14-30-11-10-26(21,27)28/h2-9,12,15,21,30H,10-11,14,16H2,1H3/t21-/m1/s1. The van der Waals surface area contributed by atoms with E-state index in [1.165, 1.54) is 0 Å². The predicted octanol–water partition coefficient (Wildman–Crippen LogP) is 5.19. The molecule has 0 amide bonds. The van der Waals surface area contributed by atoms with Crippen molar-refractivity contribution in [1.29, 1.82) is 5.26 Å². The zero-order valence-corrected chi connectivity index (χ0v) is 18.2. The van der Waals surface area contributed by atoms with Crippen LogP contribution in [-0.2, 0) is 6.54 Å². The summed E-state index contributed by atoms with van der Waals surface area (Å²) in [6.45, 7) is 2.73. The Hall–Kier alpha value is -3.63. The van der Waals surface area contributed by atoms with E-state index in [2.05, 4.69) is 16.5 Å². The van der Waals surface area contributed by atoms with E-state index in [0.29, 0.717) is 23.1 Å². The number of pyridine rings is 1. The molecule has 1 saturated heterocycles. The molecular formula is C26H23F2N5. The van der Waals surface area contributed by atoms with E-state index in [1.807, 2.05) is 49.4 Å². The molecule has 4 aromatic rings. The van der Waals surface area contributed by atoms with E-state index in [9.17, 15) is 8.78 Å². The highest BCUT2D eigenvalue weighted by molar-refractivity contribution is 5.90. The van der Waals surface area contributed by atoms with E-state index in [0.717, 1.165) is 27.9 Å². The first-order valence-corrected chi connectivity index (χ1v) is 11.0. The fraction of sp³-hybridized carbons (Fsp3) is 0.269. The number of nitrogens with zero attached hydrogens (tertiary/aromatic N) is 4. The molecule has 1 atom stereocenters. The van der Waals surface area contributed by atoms with Crippen LogP contribution in [0.25, 0.3) is 33.4 Å². The lowest BCUT2D eigenvalue weighted by Gasteiger charge is -2.31. The molecule has 5 rings (SSSR count). The fourth-order valence-electron chi connectivity index (χ4n) is 4.32. The smallest absolute Gasteiger partial charge is 0.255 e. The van der Waals surface area contributed by atoms with E-state index >= 15 is 0 Å². The van der Waals surface area contributed by atoms with Crippen LogP contribution < -0.4 is 5.32 Å². The fourth-order valence-corrected chi connectivity index (χ4v) is 4.32. The van der Waals surface area contributed by atoms with Gasteiger partial charge in [-0.05, 0) is 30.7 Å². The number of alkyl halides is 2. The van der Waals surface area contributed by atoms with Gasteiger partial charge in [-0.25, -0.2) is 13.8 Å². The van der Waals surface area contributed by atoms with Gasteiger partial charge in [0.1, 0.15) is 5.52 Å². The first-order chi connectivity index (χ1) is 15.9. The molecule has 3 heterocycles. The van der Waals surface area contributed by atoms with Gasteiger partial charge in [0, 0.05) is 30.6 Å². The largest absolute Gasteiger partial charge is 0.316 e. The minimum atomic E-state index is -2.73. The molecule has 0 bridgehead atoms. The summed E-state index contributed by atoms with van der Waals surface area (Å²) in [6.07, 6.45) is 1.48. The lowest BCUT2D eigenvalue weighted by atomic mass is 9.94. The minimum Gasteiger partial charge on any atom is -0.316 e. The molecule has 1 aliphatic rings. The highest BCUT2D eigenvalue weighted by Gasteiger charge is 2.41. The van der Waals surface area contributed by atoms with E-state index in [-0.39, 0.29) is 19.5 Å². The number of aromatic nitrogens is 3. The lowest BCUT2D eigenvalue weighted by molar-refractivity contribution is -0.0840. The van der Waals surface area contributed by atoms with Crippen LogP contribution in [-0.4, -0.2) is 33.8 Å². The van der Waals surface area contributed by atoms with Crippen LogP contribution in [0.2, 0.25) is 0 Å². The Morgan fingerprint density at radius 1 is 1.12 bits per heavy atom. The molecule has 0 saturated carbocycles. The molecule has 0 spiro atoms. The highest BCUT2D eigenvalue weighted by atomic mass is 19.3. The summed E-state index contributed by atoms with van der Waals surface area (Å²) in [5, 5.41) is 16.7. The number of nitrogens with one attached hydrogen (secondary N) is 1. The van der Waals surface area contributed by atoms with Gasteiger partial charge in [-0.15, -0.1) is 0 Å². The Balaban J connectivity index is 1.63. The summed E-state index contributed by atoms with van der Waals surface area (Å²) < 4.78 is 30.6. The van der Waals surface area contributed by atoms with Gasteiger partial charge in [-0.3, -0.25) is 4.68 Å². The predicted molar refractivity (Wildman–Crippen MR) is 124 cm³/mol. The summed E-state index contributed by atoms with van der Waals surface area (Å²) in [6, 6.07) is 19.5. The molecule has 1 N–H and O–H groups in total. The van der Waals surface area contributed by atoms with Crippen molar-refractivity contribution in [2.24, 2.45) is 5.92 Å². The average Bonchev–Trinajstić information content (AvgIpc) is 3.22. The van der Waals surface area contributed by atoms with Crippen molar-refractivity contribution in [1.82, 2.24) is 20.1 Å². The van der Waals surface area contributed by atoms with Crippen LogP contribution in [0.5, 0.6) is 0 Å². The van der Waals surface area contributed by atoms with Gasteiger partial charge in [0.2, 0.25) is 0 Å². The van der Waals surface area contributed by atoms with Gasteiger partial charge in [0.25, 0.3) is 5.92 Å². The minimum absolute atomic E-state index is 0.113. The quantitative estimate of drug-likeness (QED) is 0.471. The summed E-state index contributed by atoms with van der Waals surface area (Å²) in [5.41, 5.74) is 6.61. The maximum atomic E-state index is 14.5.